The molecule has 0 radical (unpaired) electrons. The highest BCUT2D eigenvalue weighted by Crippen LogP contribution is 2.16. The second-order valence-electron chi connectivity index (χ2n) is 4.03. The van der Waals surface area contributed by atoms with Crippen molar-refractivity contribution >= 4 is 35.6 Å². The van der Waals surface area contributed by atoms with Gasteiger partial charge in [0.15, 0.2) is 5.96 Å². The highest BCUT2D eigenvalue weighted by atomic mass is 127. The largest absolute Gasteiger partial charge is 0.370 e. The van der Waals surface area contributed by atoms with Gasteiger partial charge in [0, 0.05) is 38.9 Å². The molecule has 0 atom stereocenters. The summed E-state index contributed by atoms with van der Waals surface area (Å²) in [5.41, 5.74) is 6.81. The molecule has 2 N–H and O–H groups in total. The van der Waals surface area contributed by atoms with Crippen LogP contribution in [0.4, 0.5) is 10.1 Å². The van der Waals surface area contributed by atoms with E-state index in [1.54, 1.807) is 7.05 Å². The van der Waals surface area contributed by atoms with Crippen LogP contribution < -0.4 is 10.6 Å². The van der Waals surface area contributed by atoms with Crippen molar-refractivity contribution in [2.24, 2.45) is 10.7 Å². The van der Waals surface area contributed by atoms with E-state index in [-0.39, 0.29) is 29.8 Å². The van der Waals surface area contributed by atoms with Gasteiger partial charge in [0.05, 0.1) is 0 Å². The minimum atomic E-state index is -0.199. The molecule has 0 saturated carbocycles. The lowest BCUT2D eigenvalue weighted by Gasteiger charge is -2.36. The summed E-state index contributed by atoms with van der Waals surface area (Å²) in [5, 5.41) is 0. The SMILES string of the molecule is CN=C(N)N1CCN(c2ccc(F)cc2)CC1.I. The molecule has 0 unspecified atom stereocenters. The Balaban J connectivity index is 0.00000162. The number of halogens is 2. The van der Waals surface area contributed by atoms with Crippen molar-refractivity contribution < 1.29 is 4.39 Å². The van der Waals surface area contributed by atoms with E-state index >= 15 is 0 Å². The van der Waals surface area contributed by atoms with Crippen molar-refractivity contribution in [1.82, 2.24) is 4.90 Å². The minimum absolute atomic E-state index is 0. The fourth-order valence-electron chi connectivity index (χ4n) is 1.99. The van der Waals surface area contributed by atoms with Crippen molar-refractivity contribution in [2.45, 2.75) is 0 Å². The molecule has 100 valence electrons. The van der Waals surface area contributed by atoms with E-state index in [4.69, 9.17) is 5.73 Å². The summed E-state index contributed by atoms with van der Waals surface area (Å²) in [4.78, 5) is 8.25. The molecule has 1 saturated heterocycles. The van der Waals surface area contributed by atoms with Gasteiger partial charge in [-0.1, -0.05) is 0 Å². The van der Waals surface area contributed by atoms with Crippen molar-refractivity contribution in [2.75, 3.05) is 38.1 Å². The average molecular weight is 364 g/mol. The average Bonchev–Trinajstić information content (AvgIpc) is 2.39. The van der Waals surface area contributed by atoms with Crippen LogP contribution in [0.5, 0.6) is 0 Å². The number of nitrogens with two attached hydrogens (primary N) is 1. The molecule has 0 amide bonds. The molecule has 1 fully saturated rings. The Bertz CT molecular complexity index is 399. The topological polar surface area (TPSA) is 44.9 Å². The first kappa shape index (κ1) is 15.0. The number of hydrogen-bond acceptors (Lipinski definition) is 2. The van der Waals surface area contributed by atoms with Gasteiger partial charge in [-0.2, -0.15) is 0 Å². The van der Waals surface area contributed by atoms with Gasteiger partial charge in [-0.15, -0.1) is 24.0 Å². The normalized spacial score (nSPS) is 16.4. The van der Waals surface area contributed by atoms with Gasteiger partial charge < -0.3 is 15.5 Å². The Morgan fingerprint density at radius 3 is 2.22 bits per heavy atom. The number of anilines is 1. The van der Waals surface area contributed by atoms with E-state index in [2.05, 4.69) is 14.8 Å². The van der Waals surface area contributed by atoms with Crippen LogP contribution >= 0.6 is 24.0 Å². The van der Waals surface area contributed by atoms with Crippen LogP contribution in [-0.4, -0.2) is 44.1 Å². The predicted molar refractivity (Wildman–Crippen MR) is 83.1 cm³/mol. The second kappa shape index (κ2) is 6.77. The van der Waals surface area contributed by atoms with Gasteiger partial charge in [-0.05, 0) is 24.3 Å². The van der Waals surface area contributed by atoms with E-state index in [0.717, 1.165) is 31.9 Å². The number of piperazine rings is 1. The first-order valence-electron chi connectivity index (χ1n) is 5.68. The lowest BCUT2D eigenvalue weighted by molar-refractivity contribution is 0.381. The molecule has 1 aromatic rings. The Morgan fingerprint density at radius 1 is 1.17 bits per heavy atom. The van der Waals surface area contributed by atoms with Crippen molar-refractivity contribution in [3.05, 3.63) is 30.1 Å². The number of rotatable bonds is 1. The molecule has 1 aromatic carbocycles. The van der Waals surface area contributed by atoms with Crippen LogP contribution in [0.25, 0.3) is 0 Å². The van der Waals surface area contributed by atoms with Crippen LogP contribution in [0, 0.1) is 5.82 Å². The molecule has 0 spiro atoms. The Hall–Kier alpha value is -1.05. The molecule has 2 rings (SSSR count). The number of hydrogen-bond donors (Lipinski definition) is 1. The van der Waals surface area contributed by atoms with Gasteiger partial charge in [0.25, 0.3) is 0 Å². The van der Waals surface area contributed by atoms with E-state index in [1.165, 1.54) is 12.1 Å². The van der Waals surface area contributed by atoms with Gasteiger partial charge in [0.1, 0.15) is 5.82 Å². The van der Waals surface area contributed by atoms with E-state index < -0.39 is 0 Å². The first-order valence-corrected chi connectivity index (χ1v) is 5.68. The zero-order chi connectivity index (χ0) is 12.3. The summed E-state index contributed by atoms with van der Waals surface area (Å²) in [5.74, 6) is 0.388. The lowest BCUT2D eigenvalue weighted by Crippen LogP contribution is -2.51. The Labute approximate surface area is 124 Å². The number of aliphatic imine (C=N–C) groups is 1. The van der Waals surface area contributed by atoms with Crippen molar-refractivity contribution in [3.63, 3.8) is 0 Å². The number of guanidine groups is 1. The summed E-state index contributed by atoms with van der Waals surface area (Å²) in [7, 11) is 1.70. The van der Waals surface area contributed by atoms with Gasteiger partial charge in [0.2, 0.25) is 0 Å². The Kier molecular flexibility index (Phi) is 5.64. The maximum Gasteiger partial charge on any atom is 0.191 e. The van der Waals surface area contributed by atoms with Crippen molar-refractivity contribution in [1.29, 1.82) is 0 Å². The Morgan fingerprint density at radius 2 is 1.72 bits per heavy atom. The molecular weight excluding hydrogens is 346 g/mol. The molecular formula is C12H18FIN4. The standard InChI is InChI=1S/C12H17FN4.HI/c1-15-12(14)17-8-6-16(7-9-17)11-4-2-10(13)3-5-11;/h2-5H,6-9H2,1H3,(H2,14,15);1H. The zero-order valence-electron chi connectivity index (χ0n) is 10.3. The second-order valence-corrected chi connectivity index (χ2v) is 4.03. The first-order chi connectivity index (χ1) is 8.20. The van der Waals surface area contributed by atoms with Crippen LogP contribution in [-0.2, 0) is 0 Å². The smallest absolute Gasteiger partial charge is 0.191 e. The third-order valence-electron chi connectivity index (χ3n) is 3.02. The molecule has 4 nitrogen and oxygen atoms in total. The lowest BCUT2D eigenvalue weighted by atomic mass is 10.2. The van der Waals surface area contributed by atoms with Crippen LogP contribution in [0.3, 0.4) is 0 Å². The maximum atomic E-state index is 12.8. The fourth-order valence-corrected chi connectivity index (χ4v) is 1.99. The van der Waals surface area contributed by atoms with E-state index in [0.29, 0.717) is 5.96 Å². The number of nitrogens with zero attached hydrogens (tertiary/aromatic N) is 3. The highest BCUT2D eigenvalue weighted by Gasteiger charge is 2.17. The van der Waals surface area contributed by atoms with E-state index in [9.17, 15) is 4.39 Å². The van der Waals surface area contributed by atoms with Gasteiger partial charge >= 0.3 is 0 Å². The zero-order valence-corrected chi connectivity index (χ0v) is 12.7. The highest BCUT2D eigenvalue weighted by molar-refractivity contribution is 14.0. The molecule has 1 aliphatic heterocycles. The minimum Gasteiger partial charge on any atom is -0.370 e. The van der Waals surface area contributed by atoms with Crippen LogP contribution in [0.15, 0.2) is 29.3 Å². The van der Waals surface area contributed by atoms with Gasteiger partial charge in [-0.3, -0.25) is 4.99 Å². The van der Waals surface area contributed by atoms with Crippen molar-refractivity contribution in [3.8, 4) is 0 Å². The summed E-state index contributed by atoms with van der Waals surface area (Å²) in [6.45, 7) is 3.45. The summed E-state index contributed by atoms with van der Waals surface area (Å²) in [6, 6.07) is 6.59. The quantitative estimate of drug-likeness (QED) is 0.467. The van der Waals surface area contributed by atoms with Gasteiger partial charge in [-0.25, -0.2) is 4.39 Å². The predicted octanol–water partition coefficient (Wildman–Crippen LogP) is 1.51. The maximum absolute atomic E-state index is 12.8. The molecule has 1 aliphatic rings. The molecule has 0 bridgehead atoms. The third kappa shape index (κ3) is 3.47. The summed E-state index contributed by atoms with van der Waals surface area (Å²) >= 11 is 0. The van der Waals surface area contributed by atoms with E-state index in [1.807, 2.05) is 12.1 Å². The number of benzene rings is 1. The molecule has 6 heteroatoms. The molecule has 0 aliphatic carbocycles. The molecule has 18 heavy (non-hydrogen) atoms. The van der Waals surface area contributed by atoms with Crippen LogP contribution in [0.1, 0.15) is 0 Å². The summed E-state index contributed by atoms with van der Waals surface area (Å²) < 4.78 is 12.8. The van der Waals surface area contributed by atoms with Crippen LogP contribution in [0.2, 0.25) is 0 Å². The molecule has 1 heterocycles. The summed E-state index contributed by atoms with van der Waals surface area (Å²) in [6.07, 6.45) is 0. The molecule has 0 aromatic heterocycles. The third-order valence-corrected chi connectivity index (χ3v) is 3.02. The monoisotopic (exact) mass is 364 g/mol. The fraction of sp³-hybridized carbons (Fsp3) is 0.417.